The topological polar surface area (TPSA) is 28.2 Å². The zero-order chi connectivity index (χ0) is 15.2. The predicted molar refractivity (Wildman–Crippen MR) is 93.3 cm³/mol. The van der Waals surface area contributed by atoms with E-state index in [1.165, 1.54) is 47.8 Å². The quantitative estimate of drug-likeness (QED) is 0.723. The van der Waals surface area contributed by atoms with E-state index in [0.717, 1.165) is 25.7 Å². The Bertz CT molecular complexity index is 422. The van der Waals surface area contributed by atoms with Crippen LogP contribution in [0.4, 0.5) is 5.13 Å². The van der Waals surface area contributed by atoms with Crippen LogP contribution in [-0.2, 0) is 6.54 Å². The van der Waals surface area contributed by atoms with Gasteiger partial charge >= 0.3 is 0 Å². The van der Waals surface area contributed by atoms with Gasteiger partial charge < -0.3 is 10.2 Å². The van der Waals surface area contributed by atoms with Gasteiger partial charge in [0.25, 0.3) is 0 Å². The minimum atomic E-state index is 0.691. The predicted octanol–water partition coefficient (Wildman–Crippen LogP) is 4.36. The van der Waals surface area contributed by atoms with Crippen LogP contribution in [0, 0.1) is 12.8 Å². The third-order valence-electron chi connectivity index (χ3n) is 4.17. The van der Waals surface area contributed by atoms with Gasteiger partial charge in [-0.05, 0) is 38.6 Å². The van der Waals surface area contributed by atoms with E-state index in [1.54, 1.807) is 0 Å². The maximum atomic E-state index is 4.89. The number of aromatic nitrogens is 1. The molecule has 0 radical (unpaired) electrons. The first-order valence-electron chi connectivity index (χ1n) is 8.55. The third kappa shape index (κ3) is 4.68. The van der Waals surface area contributed by atoms with Gasteiger partial charge in [0.1, 0.15) is 0 Å². The summed E-state index contributed by atoms with van der Waals surface area (Å²) in [4.78, 5) is 8.90. The molecule has 1 heterocycles. The molecule has 0 atom stereocenters. The third-order valence-corrected chi connectivity index (χ3v) is 5.36. The first-order valence-corrected chi connectivity index (χ1v) is 9.37. The van der Waals surface area contributed by atoms with Gasteiger partial charge in [-0.15, -0.1) is 11.3 Å². The second kappa shape index (κ2) is 8.14. The van der Waals surface area contributed by atoms with Crippen LogP contribution in [0.5, 0.6) is 0 Å². The molecule has 1 aromatic heterocycles. The van der Waals surface area contributed by atoms with Crippen molar-refractivity contribution < 1.29 is 0 Å². The van der Waals surface area contributed by atoms with Crippen LogP contribution in [0.1, 0.15) is 63.4 Å². The monoisotopic (exact) mass is 309 g/mol. The molecule has 1 aliphatic rings. The summed E-state index contributed by atoms with van der Waals surface area (Å²) in [5, 5.41) is 4.76. The van der Waals surface area contributed by atoms with Crippen LogP contribution in [0.2, 0.25) is 0 Å². The largest absolute Gasteiger partial charge is 0.345 e. The average molecular weight is 310 g/mol. The van der Waals surface area contributed by atoms with Crippen LogP contribution in [0.15, 0.2) is 0 Å². The van der Waals surface area contributed by atoms with Crippen LogP contribution in [-0.4, -0.2) is 24.1 Å². The van der Waals surface area contributed by atoms with Gasteiger partial charge in [0, 0.05) is 24.0 Å². The van der Waals surface area contributed by atoms with Crippen molar-refractivity contribution in [3.8, 4) is 0 Å². The smallest absolute Gasteiger partial charge is 0.186 e. The second-order valence-electron chi connectivity index (χ2n) is 6.67. The zero-order valence-corrected chi connectivity index (χ0v) is 14.9. The Balaban J connectivity index is 2.09. The van der Waals surface area contributed by atoms with E-state index in [4.69, 9.17) is 4.98 Å². The average Bonchev–Trinajstić information content (AvgIpc) is 3.07. The fourth-order valence-electron chi connectivity index (χ4n) is 3.07. The van der Waals surface area contributed by atoms with Crippen molar-refractivity contribution in [2.75, 3.05) is 18.0 Å². The molecule has 0 unspecified atom stereocenters. The van der Waals surface area contributed by atoms with Gasteiger partial charge in [0.05, 0.1) is 5.69 Å². The second-order valence-corrected chi connectivity index (χ2v) is 7.73. The summed E-state index contributed by atoms with van der Waals surface area (Å²) in [7, 11) is 0. The van der Waals surface area contributed by atoms with Gasteiger partial charge in [0.15, 0.2) is 5.13 Å². The molecule has 1 saturated carbocycles. The summed E-state index contributed by atoms with van der Waals surface area (Å²) in [5.41, 5.74) is 1.21. The molecular weight excluding hydrogens is 278 g/mol. The molecule has 0 aromatic carbocycles. The Hall–Kier alpha value is -0.610. The Morgan fingerprint density at radius 2 is 2.05 bits per heavy atom. The first kappa shape index (κ1) is 16.8. The Labute approximate surface area is 134 Å². The van der Waals surface area contributed by atoms with E-state index in [2.05, 4.69) is 37.9 Å². The summed E-state index contributed by atoms with van der Waals surface area (Å²) in [6.45, 7) is 12.2. The van der Waals surface area contributed by atoms with Gasteiger partial charge in [-0.2, -0.15) is 0 Å². The molecule has 21 heavy (non-hydrogen) atoms. The molecule has 1 aliphatic carbocycles. The summed E-state index contributed by atoms with van der Waals surface area (Å²) in [5.74, 6) is 0.691. The number of hydrogen-bond donors (Lipinski definition) is 1. The minimum Gasteiger partial charge on any atom is -0.345 e. The SMILES string of the molecule is CCCNCc1sc(N(CC(C)C)C2CCCC2)nc1C. The fraction of sp³-hybridized carbons (Fsp3) is 0.824. The molecule has 1 fully saturated rings. The van der Waals surface area contributed by atoms with Crippen LogP contribution >= 0.6 is 11.3 Å². The standard InChI is InChI=1S/C17H31N3S/c1-5-10-18-11-16-14(4)19-17(21-16)20(12-13(2)3)15-8-6-7-9-15/h13,15,18H,5-12H2,1-4H3. The summed E-state index contributed by atoms with van der Waals surface area (Å²) in [6, 6.07) is 0.717. The van der Waals surface area contributed by atoms with Crippen LogP contribution < -0.4 is 10.2 Å². The molecule has 120 valence electrons. The first-order chi connectivity index (χ1) is 10.1. The molecule has 0 saturated heterocycles. The van der Waals surface area contributed by atoms with Crippen LogP contribution in [0.25, 0.3) is 0 Å². The number of rotatable bonds is 8. The van der Waals surface area contributed by atoms with Crippen molar-refractivity contribution >= 4 is 16.5 Å². The van der Waals surface area contributed by atoms with E-state index in [-0.39, 0.29) is 0 Å². The number of nitrogens with one attached hydrogen (secondary N) is 1. The fourth-order valence-corrected chi connectivity index (χ4v) is 4.18. The van der Waals surface area contributed by atoms with E-state index >= 15 is 0 Å². The highest BCUT2D eigenvalue weighted by molar-refractivity contribution is 7.15. The van der Waals surface area contributed by atoms with Crippen molar-refractivity contribution in [2.24, 2.45) is 5.92 Å². The maximum Gasteiger partial charge on any atom is 0.186 e. The highest BCUT2D eigenvalue weighted by Crippen LogP contribution is 2.33. The van der Waals surface area contributed by atoms with Crippen molar-refractivity contribution in [1.29, 1.82) is 0 Å². The Morgan fingerprint density at radius 1 is 1.33 bits per heavy atom. The normalized spacial score (nSPS) is 16.0. The number of aryl methyl sites for hydroxylation is 1. The van der Waals surface area contributed by atoms with E-state index in [1.807, 2.05) is 11.3 Å². The molecule has 1 N–H and O–H groups in total. The molecule has 0 bridgehead atoms. The number of anilines is 1. The molecule has 0 aliphatic heterocycles. The molecule has 4 heteroatoms. The highest BCUT2D eigenvalue weighted by Gasteiger charge is 2.26. The van der Waals surface area contributed by atoms with E-state index in [0.29, 0.717) is 5.92 Å². The highest BCUT2D eigenvalue weighted by atomic mass is 32.1. The van der Waals surface area contributed by atoms with E-state index < -0.39 is 0 Å². The molecule has 0 spiro atoms. The van der Waals surface area contributed by atoms with Crippen LogP contribution in [0.3, 0.4) is 0 Å². The van der Waals surface area contributed by atoms with Gasteiger partial charge in [-0.3, -0.25) is 0 Å². The number of hydrogen-bond acceptors (Lipinski definition) is 4. The lowest BCUT2D eigenvalue weighted by Crippen LogP contribution is -2.36. The van der Waals surface area contributed by atoms with Crippen molar-refractivity contribution in [3.63, 3.8) is 0 Å². The van der Waals surface area contributed by atoms with Crippen molar-refractivity contribution in [2.45, 2.75) is 72.4 Å². The lowest BCUT2D eigenvalue weighted by atomic mass is 10.1. The maximum absolute atomic E-state index is 4.89. The van der Waals surface area contributed by atoms with Gasteiger partial charge in [0.2, 0.25) is 0 Å². The number of nitrogens with zero attached hydrogens (tertiary/aromatic N) is 2. The minimum absolute atomic E-state index is 0.691. The van der Waals surface area contributed by atoms with E-state index in [9.17, 15) is 0 Å². The molecule has 1 aromatic rings. The lowest BCUT2D eigenvalue weighted by molar-refractivity contribution is 0.534. The number of thiazole rings is 1. The summed E-state index contributed by atoms with van der Waals surface area (Å²) in [6.07, 6.45) is 6.64. The summed E-state index contributed by atoms with van der Waals surface area (Å²) >= 11 is 1.90. The lowest BCUT2D eigenvalue weighted by Gasteiger charge is -2.30. The molecule has 3 nitrogen and oxygen atoms in total. The summed E-state index contributed by atoms with van der Waals surface area (Å²) < 4.78 is 0. The molecular formula is C17H31N3S. The molecule has 0 amide bonds. The molecule has 2 rings (SSSR count). The van der Waals surface area contributed by atoms with Crippen molar-refractivity contribution in [1.82, 2.24) is 10.3 Å². The Kier molecular flexibility index (Phi) is 6.49. The van der Waals surface area contributed by atoms with Crippen molar-refractivity contribution in [3.05, 3.63) is 10.6 Å². The zero-order valence-electron chi connectivity index (χ0n) is 14.1. The van der Waals surface area contributed by atoms with Gasteiger partial charge in [-0.1, -0.05) is 33.6 Å². The Morgan fingerprint density at radius 3 is 2.67 bits per heavy atom. The van der Waals surface area contributed by atoms with Gasteiger partial charge in [-0.25, -0.2) is 4.98 Å².